The average Bonchev–Trinajstić information content (AvgIpc) is 2.88. The van der Waals surface area contributed by atoms with Crippen LogP contribution in [0.3, 0.4) is 0 Å². The number of anilines is 4. The molecule has 39 heavy (non-hydrogen) atoms. The number of pyridine rings is 1. The lowest BCUT2D eigenvalue weighted by atomic mass is 9.86. The summed E-state index contributed by atoms with van der Waals surface area (Å²) in [6, 6.07) is 7.50. The van der Waals surface area contributed by atoms with E-state index in [0.29, 0.717) is 17.6 Å². The van der Waals surface area contributed by atoms with Crippen LogP contribution in [0.2, 0.25) is 5.02 Å². The highest BCUT2D eigenvalue weighted by Gasteiger charge is 2.25. The number of benzene rings is 1. The average molecular weight is 573 g/mol. The van der Waals surface area contributed by atoms with E-state index < -0.39 is 15.1 Å². The van der Waals surface area contributed by atoms with Crippen LogP contribution in [0.15, 0.2) is 41.7 Å². The summed E-state index contributed by atoms with van der Waals surface area (Å²) in [7, 11) is -1.47. The van der Waals surface area contributed by atoms with Crippen LogP contribution >= 0.6 is 11.6 Å². The number of ether oxygens (including phenoxy) is 1. The highest BCUT2D eigenvalue weighted by molar-refractivity contribution is 7.92. The molecule has 0 aliphatic carbocycles. The number of piperidine rings is 1. The summed E-state index contributed by atoms with van der Waals surface area (Å²) in [5.41, 5.74) is 3.52. The minimum absolute atomic E-state index is 0.0196. The second-order valence-corrected chi connectivity index (χ2v) is 13.4. The van der Waals surface area contributed by atoms with Gasteiger partial charge in [0, 0.05) is 6.20 Å². The van der Waals surface area contributed by atoms with Crippen LogP contribution in [0, 0.1) is 6.92 Å². The molecule has 1 saturated heterocycles. The van der Waals surface area contributed by atoms with Crippen LogP contribution in [0.25, 0.3) is 0 Å². The van der Waals surface area contributed by atoms with E-state index in [4.69, 9.17) is 16.3 Å². The predicted octanol–water partition coefficient (Wildman–Crippen LogP) is 6.10. The predicted molar refractivity (Wildman–Crippen MR) is 157 cm³/mol. The minimum atomic E-state index is -3.63. The Balaban J connectivity index is 1.65. The second-order valence-electron chi connectivity index (χ2n) is 10.5. The Morgan fingerprint density at radius 1 is 1.08 bits per heavy atom. The van der Waals surface area contributed by atoms with Gasteiger partial charge in [0.15, 0.2) is 20.7 Å². The fourth-order valence-corrected chi connectivity index (χ4v) is 5.83. The van der Waals surface area contributed by atoms with Crippen LogP contribution < -0.4 is 15.4 Å². The lowest BCUT2D eigenvalue weighted by Crippen LogP contribution is -2.29. The number of hydrogen-bond acceptors (Lipinski definition) is 9. The van der Waals surface area contributed by atoms with Gasteiger partial charge in [0.1, 0.15) is 10.8 Å². The molecule has 0 spiro atoms. The number of halogens is 1. The van der Waals surface area contributed by atoms with Gasteiger partial charge in [-0.15, -0.1) is 0 Å². The van der Waals surface area contributed by atoms with Gasteiger partial charge in [-0.05, 0) is 109 Å². The maximum atomic E-state index is 12.9. The molecule has 0 unspecified atom stereocenters. The standard InChI is InChI=1S/C28H37ClN6O3S/c1-17(2)38-25-15-21(20-9-12-35(6)13-10-20)19(5)14-24(25)33-28-31-16-22(29)26(34-28)32-23-8-7-11-30-27(23)39(36,37)18(3)4/h7-8,11,14-18,20H,9-10,12-13H2,1-6H3,(H2,31,32,33,34). The SMILES string of the molecule is Cc1cc(Nc2ncc(Cl)c(Nc3cccnc3S(=O)(=O)C(C)C)n2)c(OC(C)C)cc1C1CCN(C)CC1. The van der Waals surface area contributed by atoms with Crippen LogP contribution in [0.5, 0.6) is 5.75 Å². The van der Waals surface area contributed by atoms with Gasteiger partial charge in [0.05, 0.1) is 28.9 Å². The van der Waals surface area contributed by atoms with Crippen molar-refractivity contribution in [3.63, 3.8) is 0 Å². The van der Waals surface area contributed by atoms with Crippen molar-refractivity contribution < 1.29 is 13.2 Å². The summed E-state index contributed by atoms with van der Waals surface area (Å²) in [6.45, 7) is 11.5. The molecular formula is C28H37ClN6O3S. The van der Waals surface area contributed by atoms with Crippen molar-refractivity contribution in [2.45, 2.75) is 69.8 Å². The van der Waals surface area contributed by atoms with Gasteiger partial charge >= 0.3 is 0 Å². The molecule has 3 aromatic rings. The molecule has 9 nitrogen and oxygen atoms in total. The van der Waals surface area contributed by atoms with Crippen molar-refractivity contribution in [2.24, 2.45) is 0 Å². The largest absolute Gasteiger partial charge is 0.489 e. The zero-order valence-corrected chi connectivity index (χ0v) is 24.9. The third kappa shape index (κ3) is 6.80. The molecule has 1 fully saturated rings. The van der Waals surface area contributed by atoms with Crippen molar-refractivity contribution in [1.29, 1.82) is 0 Å². The van der Waals surface area contributed by atoms with Gasteiger partial charge in [0.25, 0.3) is 0 Å². The maximum Gasteiger partial charge on any atom is 0.229 e. The first kappa shape index (κ1) is 29.0. The first-order valence-corrected chi connectivity index (χ1v) is 15.1. The van der Waals surface area contributed by atoms with Gasteiger partial charge < -0.3 is 20.3 Å². The maximum absolute atomic E-state index is 12.9. The summed E-state index contributed by atoms with van der Waals surface area (Å²) in [6.07, 6.45) is 5.12. The Kier molecular flexibility index (Phi) is 8.98. The fraction of sp³-hybridized carbons (Fsp3) is 0.464. The van der Waals surface area contributed by atoms with Crippen LogP contribution in [-0.4, -0.2) is 59.8 Å². The molecule has 4 rings (SSSR count). The van der Waals surface area contributed by atoms with E-state index in [2.05, 4.69) is 56.6 Å². The normalized spacial score (nSPS) is 15.1. The molecule has 1 aromatic carbocycles. The molecule has 210 valence electrons. The Bertz CT molecular complexity index is 1420. The van der Waals surface area contributed by atoms with Crippen molar-refractivity contribution >= 4 is 44.6 Å². The van der Waals surface area contributed by atoms with E-state index in [0.717, 1.165) is 37.4 Å². The Hall–Kier alpha value is -2.95. The number of sulfone groups is 1. The molecule has 0 amide bonds. The molecule has 0 bridgehead atoms. The molecule has 1 aliphatic heterocycles. The highest BCUT2D eigenvalue weighted by atomic mass is 35.5. The molecule has 2 N–H and O–H groups in total. The van der Waals surface area contributed by atoms with Gasteiger partial charge in [0.2, 0.25) is 5.95 Å². The van der Waals surface area contributed by atoms with Gasteiger partial charge in [-0.3, -0.25) is 0 Å². The topological polar surface area (TPSA) is 109 Å². The Labute approximate surface area is 236 Å². The number of hydrogen-bond donors (Lipinski definition) is 2. The Morgan fingerprint density at radius 2 is 1.79 bits per heavy atom. The number of nitrogens with zero attached hydrogens (tertiary/aromatic N) is 4. The van der Waals surface area contributed by atoms with Crippen molar-refractivity contribution in [3.05, 3.63) is 52.8 Å². The first-order valence-electron chi connectivity index (χ1n) is 13.2. The lowest BCUT2D eigenvalue weighted by molar-refractivity contribution is 0.241. The quantitative estimate of drug-likeness (QED) is 0.314. The number of nitrogens with one attached hydrogen (secondary N) is 2. The van der Waals surface area contributed by atoms with Gasteiger partial charge in [-0.1, -0.05) is 11.6 Å². The van der Waals surface area contributed by atoms with E-state index in [1.54, 1.807) is 26.0 Å². The molecule has 11 heteroatoms. The van der Waals surface area contributed by atoms with Gasteiger partial charge in [-0.25, -0.2) is 18.4 Å². The van der Waals surface area contributed by atoms with E-state index in [1.165, 1.54) is 23.5 Å². The first-order chi connectivity index (χ1) is 18.5. The van der Waals surface area contributed by atoms with E-state index >= 15 is 0 Å². The van der Waals surface area contributed by atoms with Crippen LogP contribution in [0.4, 0.5) is 23.1 Å². The minimum Gasteiger partial charge on any atom is -0.489 e. The molecular weight excluding hydrogens is 536 g/mol. The third-order valence-electron chi connectivity index (χ3n) is 6.79. The van der Waals surface area contributed by atoms with Crippen molar-refractivity contribution in [2.75, 3.05) is 30.8 Å². The summed E-state index contributed by atoms with van der Waals surface area (Å²) in [4.78, 5) is 15.4. The van der Waals surface area contributed by atoms with E-state index in [1.807, 2.05) is 13.8 Å². The molecule has 0 saturated carbocycles. The molecule has 1 aliphatic rings. The third-order valence-corrected chi connectivity index (χ3v) is 9.18. The number of rotatable bonds is 9. The van der Waals surface area contributed by atoms with Crippen molar-refractivity contribution in [3.8, 4) is 5.75 Å². The van der Waals surface area contributed by atoms with Crippen LogP contribution in [-0.2, 0) is 9.84 Å². The Morgan fingerprint density at radius 3 is 2.46 bits per heavy atom. The lowest BCUT2D eigenvalue weighted by Gasteiger charge is -2.30. The summed E-state index contributed by atoms with van der Waals surface area (Å²) in [5, 5.41) is 5.88. The smallest absolute Gasteiger partial charge is 0.229 e. The fourth-order valence-electron chi connectivity index (χ4n) is 4.61. The zero-order valence-electron chi connectivity index (χ0n) is 23.3. The summed E-state index contributed by atoms with van der Waals surface area (Å²) in [5.74, 6) is 1.77. The molecule has 3 heterocycles. The van der Waals surface area contributed by atoms with Crippen molar-refractivity contribution in [1.82, 2.24) is 19.9 Å². The molecule has 0 atom stereocenters. The number of aryl methyl sites for hydroxylation is 1. The van der Waals surface area contributed by atoms with Gasteiger partial charge in [-0.2, -0.15) is 4.98 Å². The summed E-state index contributed by atoms with van der Waals surface area (Å²) < 4.78 is 31.9. The van der Waals surface area contributed by atoms with Crippen LogP contribution in [0.1, 0.15) is 57.6 Å². The summed E-state index contributed by atoms with van der Waals surface area (Å²) >= 11 is 6.41. The van der Waals surface area contributed by atoms with E-state index in [9.17, 15) is 8.42 Å². The molecule has 2 aromatic heterocycles. The highest BCUT2D eigenvalue weighted by Crippen LogP contribution is 2.38. The van der Waals surface area contributed by atoms with E-state index in [-0.39, 0.29) is 22.0 Å². The second kappa shape index (κ2) is 12.1. The number of aromatic nitrogens is 3. The monoisotopic (exact) mass is 572 g/mol. The molecule has 0 radical (unpaired) electrons. The number of likely N-dealkylation sites (tertiary alicyclic amines) is 1. The zero-order chi connectivity index (χ0) is 28.3.